The fraction of sp³-hybridized carbons (Fsp3) is 0. The van der Waals surface area contributed by atoms with E-state index in [-0.39, 0.29) is 10.6 Å². The average Bonchev–Trinajstić information content (AvgIpc) is 2.03. The molecule has 0 aliphatic heterocycles. The Morgan fingerprint density at radius 2 is 2.08 bits per heavy atom. The summed E-state index contributed by atoms with van der Waals surface area (Å²) in [5.41, 5.74) is 0.630. The summed E-state index contributed by atoms with van der Waals surface area (Å²) >= 11 is 10.8. The minimum absolute atomic E-state index is 0.194. The van der Waals surface area contributed by atoms with Crippen molar-refractivity contribution in [2.45, 2.75) is 0 Å². The summed E-state index contributed by atoms with van der Waals surface area (Å²) in [7, 11) is 0.647. The minimum atomic E-state index is -0.627. The van der Waals surface area contributed by atoms with Crippen molar-refractivity contribution in [2.24, 2.45) is 0 Å². The van der Waals surface area contributed by atoms with Crippen LogP contribution in [0.15, 0.2) is 18.2 Å². The van der Waals surface area contributed by atoms with Gasteiger partial charge in [-0.15, -0.1) is 0 Å². The average molecular weight is 201 g/mol. The van der Waals surface area contributed by atoms with Crippen molar-refractivity contribution in [3.8, 4) is 0 Å². The molecule has 0 aliphatic rings. The van der Waals surface area contributed by atoms with Crippen molar-refractivity contribution < 1.29 is 9.50 Å². The van der Waals surface area contributed by atoms with Gasteiger partial charge in [-0.1, -0.05) is 0 Å². The van der Waals surface area contributed by atoms with Crippen molar-refractivity contribution in [1.82, 2.24) is 0 Å². The Hall–Kier alpha value is -0.665. The first-order valence-corrected chi connectivity index (χ1v) is 3.85. The van der Waals surface area contributed by atoms with Crippen LogP contribution in [-0.2, 0) is 4.70 Å². The Labute approximate surface area is 79.7 Å². The molecule has 0 atom stereocenters. The first kappa shape index (κ1) is 9.42. The van der Waals surface area contributed by atoms with Gasteiger partial charge in [0.1, 0.15) is 0 Å². The molecule has 1 aromatic carbocycles. The molecule has 0 amide bonds. The molecule has 0 bridgehead atoms. The zero-order valence-electron chi connectivity index (χ0n) is 5.88. The number of carbonyl (C=O) groups excluding carboxylic acids is 1. The van der Waals surface area contributed by atoms with Crippen molar-refractivity contribution in [1.29, 1.82) is 0 Å². The van der Waals surface area contributed by atoms with Crippen molar-refractivity contribution in [3.05, 3.63) is 28.8 Å². The zero-order chi connectivity index (χ0) is 9.14. The van der Waals surface area contributed by atoms with Crippen LogP contribution < -0.4 is 5.46 Å². The van der Waals surface area contributed by atoms with Gasteiger partial charge in [0, 0.05) is 0 Å². The number of carbonyl (C=O) groups is 1. The number of rotatable bonds is 2. The molecule has 0 radical (unpaired) electrons. The van der Waals surface area contributed by atoms with Crippen LogP contribution in [0.1, 0.15) is 10.4 Å². The predicted octanol–water partition coefficient (Wildman–Crippen LogP) is 1.39. The molecule has 2 nitrogen and oxygen atoms in total. The molecule has 1 aromatic rings. The van der Waals surface area contributed by atoms with Gasteiger partial charge in [0.05, 0.1) is 0 Å². The molecular weight excluding hydrogens is 198 g/mol. The van der Waals surface area contributed by atoms with Gasteiger partial charge in [0.15, 0.2) is 0 Å². The van der Waals surface area contributed by atoms with Crippen LogP contribution in [0.2, 0.25) is 5.02 Å². The number of hydrogen-bond donors (Lipinski definition) is 0. The molecule has 1 rings (SSSR count). The quantitative estimate of drug-likeness (QED) is 0.535. The molecule has 0 aromatic heterocycles. The molecule has 0 aliphatic carbocycles. The fourth-order valence-corrected chi connectivity index (χ4v) is 1.25. The van der Waals surface area contributed by atoms with E-state index in [0.29, 0.717) is 12.6 Å². The van der Waals surface area contributed by atoms with E-state index in [0.717, 1.165) is 0 Å². The molecule has 0 N–H and O–H groups in total. The van der Waals surface area contributed by atoms with Crippen molar-refractivity contribution in [3.63, 3.8) is 0 Å². The molecule has 0 saturated carbocycles. The van der Waals surface area contributed by atoms with Crippen LogP contribution in [0.4, 0.5) is 0 Å². The summed E-state index contributed by atoms with van der Waals surface area (Å²) in [5.74, 6) is 0. The zero-order valence-corrected chi connectivity index (χ0v) is 7.39. The second-order valence-electron chi connectivity index (χ2n) is 2.13. The Kier molecular flexibility index (Phi) is 3.01. The standard InChI is InChI=1S/C7H3BCl2O2/c9-6-3-4(8-12)1-2-5(6)7(10)11/h1-3H. The topological polar surface area (TPSA) is 34.1 Å². The van der Waals surface area contributed by atoms with Gasteiger partial charge >= 0.3 is 79.3 Å². The van der Waals surface area contributed by atoms with Crippen molar-refractivity contribution >= 4 is 41.1 Å². The van der Waals surface area contributed by atoms with Gasteiger partial charge in [-0.25, -0.2) is 0 Å². The maximum absolute atomic E-state index is 10.7. The van der Waals surface area contributed by atoms with E-state index in [1.165, 1.54) is 18.2 Å². The van der Waals surface area contributed by atoms with E-state index in [2.05, 4.69) is 0 Å². The first-order chi connectivity index (χ1) is 5.65. The third-order valence-electron chi connectivity index (χ3n) is 1.34. The van der Waals surface area contributed by atoms with Gasteiger partial charge < -0.3 is 0 Å². The van der Waals surface area contributed by atoms with Crippen LogP contribution in [0.5, 0.6) is 0 Å². The third-order valence-corrected chi connectivity index (χ3v) is 1.86. The van der Waals surface area contributed by atoms with E-state index in [1.807, 2.05) is 0 Å². The third kappa shape index (κ3) is 1.93. The second kappa shape index (κ2) is 3.83. The summed E-state index contributed by atoms with van der Waals surface area (Å²) in [4.78, 5) is 10.7. The first-order valence-electron chi connectivity index (χ1n) is 3.09. The molecular formula is C7H3BCl2O2. The van der Waals surface area contributed by atoms with Crippen LogP contribution in [0.3, 0.4) is 0 Å². The molecule has 12 heavy (non-hydrogen) atoms. The molecule has 0 heterocycles. The Bertz CT molecular complexity index is 338. The summed E-state index contributed by atoms with van der Waals surface area (Å²) < 4.78 is 10.3. The molecule has 5 heteroatoms. The van der Waals surface area contributed by atoms with Crippen LogP contribution in [0.25, 0.3) is 0 Å². The summed E-state index contributed by atoms with van der Waals surface area (Å²) in [5, 5.41) is -0.433. The van der Waals surface area contributed by atoms with E-state index in [4.69, 9.17) is 23.2 Å². The summed E-state index contributed by atoms with van der Waals surface area (Å²) in [6.45, 7) is 0. The molecule has 0 saturated heterocycles. The molecule has 0 fully saturated rings. The van der Waals surface area contributed by atoms with Gasteiger partial charge in [-0.05, 0) is 0 Å². The Morgan fingerprint density at radius 1 is 1.42 bits per heavy atom. The summed E-state index contributed by atoms with van der Waals surface area (Å²) in [6.07, 6.45) is 0. The SMILES string of the molecule is O=Bc1ccc(C(=O)Cl)c(Cl)c1. The Balaban J connectivity index is 3.20. The van der Waals surface area contributed by atoms with Crippen LogP contribution in [-0.4, -0.2) is 12.4 Å². The van der Waals surface area contributed by atoms with Gasteiger partial charge in [0.25, 0.3) is 0 Å². The maximum atomic E-state index is 10.7. The number of benzene rings is 1. The predicted molar refractivity (Wildman–Crippen MR) is 47.7 cm³/mol. The van der Waals surface area contributed by atoms with Crippen LogP contribution in [0, 0.1) is 0 Å². The van der Waals surface area contributed by atoms with Gasteiger partial charge in [-0.3, -0.25) is 0 Å². The van der Waals surface area contributed by atoms with Gasteiger partial charge in [-0.2, -0.15) is 0 Å². The van der Waals surface area contributed by atoms with E-state index >= 15 is 0 Å². The molecule has 60 valence electrons. The normalized spacial score (nSPS) is 9.17. The van der Waals surface area contributed by atoms with E-state index in [9.17, 15) is 9.50 Å². The van der Waals surface area contributed by atoms with E-state index < -0.39 is 5.24 Å². The van der Waals surface area contributed by atoms with Crippen molar-refractivity contribution in [2.75, 3.05) is 0 Å². The fourth-order valence-electron chi connectivity index (χ4n) is 0.764. The number of halogens is 2. The Morgan fingerprint density at radius 3 is 2.50 bits per heavy atom. The monoisotopic (exact) mass is 200 g/mol. The van der Waals surface area contributed by atoms with Gasteiger partial charge in [0.2, 0.25) is 0 Å². The molecule has 0 unspecified atom stereocenters. The van der Waals surface area contributed by atoms with Crippen LogP contribution >= 0.6 is 23.2 Å². The second-order valence-corrected chi connectivity index (χ2v) is 2.88. The van der Waals surface area contributed by atoms with E-state index in [1.54, 1.807) is 0 Å². The number of hydrogen-bond acceptors (Lipinski definition) is 2. The molecule has 0 spiro atoms. The summed E-state index contributed by atoms with van der Waals surface area (Å²) in [6, 6.07) is 4.29.